The van der Waals surface area contributed by atoms with Crippen molar-refractivity contribution in [2.75, 3.05) is 37.6 Å². The summed E-state index contributed by atoms with van der Waals surface area (Å²) in [5.74, 6) is -1.98. The minimum atomic E-state index is -2.27. The zero-order valence-corrected chi connectivity index (χ0v) is 23.3. The number of benzene rings is 2. The molecule has 41 heavy (non-hydrogen) atoms. The molecule has 2 aromatic carbocycles. The molecule has 0 spiro atoms. The van der Waals surface area contributed by atoms with Gasteiger partial charge in [0.2, 0.25) is 0 Å². The molecule has 0 bridgehead atoms. The normalized spacial score (nSPS) is 21.1. The van der Waals surface area contributed by atoms with Crippen LogP contribution in [0.3, 0.4) is 0 Å². The lowest BCUT2D eigenvalue weighted by molar-refractivity contribution is -0.143. The fraction of sp³-hybridized carbons (Fsp3) is 0.516. The largest absolute Gasteiger partial charge is 0.481 e. The number of likely N-dealkylation sites (tertiary alicyclic amines) is 1. The second kappa shape index (κ2) is 12.8. The van der Waals surface area contributed by atoms with Crippen molar-refractivity contribution in [3.05, 3.63) is 65.4 Å². The number of anilines is 1. The first-order valence-electron chi connectivity index (χ1n) is 14.5. The predicted octanol–water partition coefficient (Wildman–Crippen LogP) is 5.91. The number of nitrogens with zero attached hydrogens (tertiary/aromatic N) is 3. The number of halogens is 4. The molecule has 6 nitrogen and oxygen atoms in total. The number of aromatic amines is 1. The highest BCUT2D eigenvalue weighted by Crippen LogP contribution is 2.30. The van der Waals surface area contributed by atoms with Gasteiger partial charge in [-0.05, 0) is 75.9 Å². The molecule has 0 amide bonds. The molecule has 2 fully saturated rings. The van der Waals surface area contributed by atoms with Crippen LogP contribution in [-0.4, -0.2) is 77.1 Å². The summed E-state index contributed by atoms with van der Waals surface area (Å²) in [6.45, 7) is 5.67. The van der Waals surface area contributed by atoms with Gasteiger partial charge in [-0.2, -0.15) is 0 Å². The molecule has 3 aliphatic heterocycles. The Bertz CT molecular complexity index is 1310. The summed E-state index contributed by atoms with van der Waals surface area (Å²) in [4.78, 5) is 20.6. The highest BCUT2D eigenvalue weighted by Gasteiger charge is 2.31. The Morgan fingerprint density at radius 2 is 1.66 bits per heavy atom. The first-order valence-corrected chi connectivity index (χ1v) is 14.5. The second-order valence-corrected chi connectivity index (χ2v) is 11.5. The van der Waals surface area contributed by atoms with Gasteiger partial charge in [0.25, 0.3) is 6.43 Å². The van der Waals surface area contributed by atoms with Gasteiger partial charge in [0.05, 0.1) is 12.5 Å². The summed E-state index contributed by atoms with van der Waals surface area (Å²) in [5, 5.41) is 10.3. The molecular weight excluding hydrogens is 536 g/mol. The predicted molar refractivity (Wildman–Crippen MR) is 151 cm³/mol. The van der Waals surface area contributed by atoms with Crippen LogP contribution in [0.5, 0.6) is 0 Å². The maximum atomic E-state index is 13.3. The SMILES string of the molecule is CC1Cc2c([nH]c3ccccc23)CN1CC(F)F.O=C(O)C1CCN(C2CCN(c3cc(F)cc(F)c3)CC2)CC1. The van der Waals surface area contributed by atoms with Gasteiger partial charge in [-0.15, -0.1) is 0 Å². The van der Waals surface area contributed by atoms with Crippen LogP contribution in [0.1, 0.15) is 43.9 Å². The average Bonchev–Trinajstić information content (AvgIpc) is 3.30. The minimum absolute atomic E-state index is 0.143. The van der Waals surface area contributed by atoms with Gasteiger partial charge >= 0.3 is 5.97 Å². The molecule has 2 saturated heterocycles. The van der Waals surface area contributed by atoms with Gasteiger partial charge in [-0.3, -0.25) is 9.69 Å². The molecule has 3 aliphatic rings. The quantitative estimate of drug-likeness (QED) is 0.371. The van der Waals surface area contributed by atoms with E-state index in [9.17, 15) is 22.4 Å². The maximum absolute atomic E-state index is 13.3. The van der Waals surface area contributed by atoms with Crippen LogP contribution in [0.2, 0.25) is 0 Å². The van der Waals surface area contributed by atoms with Gasteiger partial charge in [-0.25, -0.2) is 17.6 Å². The van der Waals surface area contributed by atoms with Crippen LogP contribution in [0.4, 0.5) is 23.2 Å². The summed E-state index contributed by atoms with van der Waals surface area (Å²) in [6.07, 6.45) is 1.88. The van der Waals surface area contributed by atoms with Crippen molar-refractivity contribution in [2.45, 2.75) is 64.1 Å². The first-order chi connectivity index (χ1) is 19.7. The van der Waals surface area contributed by atoms with Crippen LogP contribution >= 0.6 is 0 Å². The van der Waals surface area contributed by atoms with Gasteiger partial charge in [0, 0.05) is 60.1 Å². The number of nitrogens with one attached hydrogen (secondary N) is 1. The Hall–Kier alpha value is -3.11. The lowest BCUT2D eigenvalue weighted by atomic mass is 9.93. The van der Waals surface area contributed by atoms with E-state index in [0.29, 0.717) is 31.1 Å². The van der Waals surface area contributed by atoms with Gasteiger partial charge in [0.1, 0.15) is 11.6 Å². The number of carboxylic acid groups (broad SMARTS) is 1. The number of hydrogen-bond donors (Lipinski definition) is 2. The Kier molecular flexibility index (Phi) is 9.19. The summed E-state index contributed by atoms with van der Waals surface area (Å²) in [5.41, 5.74) is 4.10. The second-order valence-electron chi connectivity index (χ2n) is 11.5. The molecular formula is C31H38F4N4O2. The topological polar surface area (TPSA) is 62.8 Å². The van der Waals surface area contributed by atoms with E-state index in [1.165, 1.54) is 23.1 Å². The molecule has 0 radical (unpaired) electrons. The molecule has 2 N–H and O–H groups in total. The first kappa shape index (κ1) is 29.4. The number of carbonyl (C=O) groups is 1. The molecule has 3 aromatic rings. The zero-order valence-electron chi connectivity index (χ0n) is 23.3. The zero-order chi connectivity index (χ0) is 29.1. The number of aromatic nitrogens is 1. The third kappa shape index (κ3) is 7.04. The van der Waals surface area contributed by atoms with Crippen LogP contribution in [-0.2, 0) is 17.8 Å². The van der Waals surface area contributed by atoms with Crippen molar-refractivity contribution in [1.82, 2.24) is 14.8 Å². The monoisotopic (exact) mass is 574 g/mol. The Morgan fingerprint density at radius 3 is 2.29 bits per heavy atom. The lowest BCUT2D eigenvalue weighted by Gasteiger charge is -2.41. The number of fused-ring (bicyclic) bond motifs is 3. The van der Waals surface area contributed by atoms with E-state index in [1.807, 2.05) is 34.9 Å². The molecule has 1 atom stereocenters. The van der Waals surface area contributed by atoms with E-state index in [1.54, 1.807) is 0 Å². The summed E-state index contributed by atoms with van der Waals surface area (Å²) >= 11 is 0. The number of hydrogen-bond acceptors (Lipinski definition) is 4. The van der Waals surface area contributed by atoms with E-state index in [-0.39, 0.29) is 18.5 Å². The van der Waals surface area contributed by atoms with Crippen LogP contribution in [0, 0.1) is 17.6 Å². The number of piperidine rings is 2. The smallest absolute Gasteiger partial charge is 0.306 e. The molecule has 1 aromatic heterocycles. The summed E-state index contributed by atoms with van der Waals surface area (Å²) in [7, 11) is 0. The van der Waals surface area contributed by atoms with Crippen LogP contribution < -0.4 is 4.90 Å². The van der Waals surface area contributed by atoms with E-state index < -0.39 is 24.0 Å². The van der Waals surface area contributed by atoms with Gasteiger partial charge in [0.15, 0.2) is 0 Å². The Labute approximate surface area is 237 Å². The van der Waals surface area contributed by atoms with E-state index in [2.05, 4.69) is 16.0 Å². The van der Waals surface area contributed by atoms with Crippen molar-refractivity contribution >= 4 is 22.6 Å². The Balaban J connectivity index is 0.000000169. The number of rotatable bonds is 5. The molecule has 222 valence electrons. The highest BCUT2D eigenvalue weighted by atomic mass is 19.3. The molecule has 0 saturated carbocycles. The van der Waals surface area contributed by atoms with Crippen molar-refractivity contribution in [2.24, 2.45) is 5.92 Å². The van der Waals surface area contributed by atoms with Gasteiger partial charge < -0.3 is 19.9 Å². The molecule has 4 heterocycles. The standard InChI is InChI=1S/C17H22F2N2O2.C14H16F2N2/c18-13-9-14(19)11-16(10-13)21-7-3-15(4-8-21)20-5-1-12(2-6-20)17(22)23;1-9-6-11-10-4-2-3-5-12(10)17-13(11)7-18(9)8-14(15)16/h9-12,15H,1-8H2,(H,22,23);2-5,9,14,17H,6-8H2,1H3. The number of para-hydroxylation sites is 1. The van der Waals surface area contributed by atoms with Crippen molar-refractivity contribution < 1.29 is 27.5 Å². The molecule has 10 heteroatoms. The third-order valence-electron chi connectivity index (χ3n) is 8.83. The van der Waals surface area contributed by atoms with Gasteiger partial charge in [-0.1, -0.05) is 18.2 Å². The summed E-state index contributed by atoms with van der Waals surface area (Å²) < 4.78 is 51.7. The number of H-pyrrole nitrogens is 1. The van der Waals surface area contributed by atoms with Crippen LogP contribution in [0.15, 0.2) is 42.5 Å². The van der Waals surface area contributed by atoms with Crippen LogP contribution in [0.25, 0.3) is 10.9 Å². The summed E-state index contributed by atoms with van der Waals surface area (Å²) in [6, 6.07) is 12.4. The number of aliphatic carboxylic acids is 1. The van der Waals surface area contributed by atoms with Crippen molar-refractivity contribution in [1.29, 1.82) is 0 Å². The molecule has 1 unspecified atom stereocenters. The number of carboxylic acids is 1. The third-order valence-corrected chi connectivity index (χ3v) is 8.83. The fourth-order valence-corrected chi connectivity index (χ4v) is 6.55. The molecule has 6 rings (SSSR count). The van der Waals surface area contributed by atoms with E-state index in [0.717, 1.165) is 62.7 Å². The van der Waals surface area contributed by atoms with E-state index >= 15 is 0 Å². The minimum Gasteiger partial charge on any atom is -0.481 e. The maximum Gasteiger partial charge on any atom is 0.306 e. The van der Waals surface area contributed by atoms with Crippen molar-refractivity contribution in [3.8, 4) is 0 Å². The number of alkyl halides is 2. The van der Waals surface area contributed by atoms with E-state index in [4.69, 9.17) is 5.11 Å². The lowest BCUT2D eigenvalue weighted by Crippen LogP contribution is -2.48. The average molecular weight is 575 g/mol. The van der Waals surface area contributed by atoms with Crippen molar-refractivity contribution in [3.63, 3.8) is 0 Å². The Morgan fingerprint density at radius 1 is 1.00 bits per heavy atom. The molecule has 0 aliphatic carbocycles. The fourth-order valence-electron chi connectivity index (χ4n) is 6.55. The highest BCUT2D eigenvalue weighted by molar-refractivity contribution is 5.84.